The minimum Gasteiger partial charge on any atom is -0.383 e. The summed E-state index contributed by atoms with van der Waals surface area (Å²) in [6, 6.07) is 16.7. The lowest BCUT2D eigenvalue weighted by molar-refractivity contribution is 0.102. The van der Waals surface area contributed by atoms with Gasteiger partial charge in [-0.15, -0.1) is 0 Å². The van der Waals surface area contributed by atoms with Crippen LogP contribution in [-0.2, 0) is 11.3 Å². The van der Waals surface area contributed by atoms with E-state index in [1.54, 1.807) is 36.2 Å². The summed E-state index contributed by atoms with van der Waals surface area (Å²) < 4.78 is 8.27. The van der Waals surface area contributed by atoms with Crippen molar-refractivity contribution in [2.45, 2.75) is 13.5 Å². The molecule has 0 bridgehead atoms. The van der Waals surface area contributed by atoms with Gasteiger partial charge in [-0.25, -0.2) is 0 Å². The maximum absolute atomic E-state index is 13.1. The van der Waals surface area contributed by atoms with Crippen LogP contribution in [0, 0.1) is 6.92 Å². The summed E-state index contributed by atoms with van der Waals surface area (Å²) in [7, 11) is 1.61. The second-order valence-corrected chi connectivity index (χ2v) is 7.04. The van der Waals surface area contributed by atoms with Crippen molar-refractivity contribution >= 4 is 11.6 Å². The van der Waals surface area contributed by atoms with Crippen LogP contribution in [0.5, 0.6) is 0 Å². The van der Waals surface area contributed by atoms with E-state index in [2.05, 4.69) is 10.4 Å². The lowest BCUT2D eigenvalue weighted by Crippen LogP contribution is -2.18. The number of aromatic nitrogens is 3. The highest BCUT2D eigenvalue weighted by Crippen LogP contribution is 2.23. The number of hydrogen-bond donors (Lipinski definition) is 1. The van der Waals surface area contributed by atoms with Gasteiger partial charge in [0, 0.05) is 31.7 Å². The molecule has 7 heteroatoms. The van der Waals surface area contributed by atoms with E-state index in [1.807, 2.05) is 49.4 Å². The lowest BCUT2D eigenvalue weighted by atomic mass is 10.1. The molecule has 4 rings (SSSR count). The summed E-state index contributed by atoms with van der Waals surface area (Å²) in [6.45, 7) is 2.92. The van der Waals surface area contributed by atoms with Crippen LogP contribution in [-0.4, -0.2) is 34.0 Å². The van der Waals surface area contributed by atoms with Crippen LogP contribution < -0.4 is 10.9 Å². The molecule has 0 atom stereocenters. The molecule has 0 saturated heterocycles. The molecule has 152 valence electrons. The third kappa shape index (κ3) is 3.88. The first-order valence-electron chi connectivity index (χ1n) is 9.62. The molecule has 2 aromatic carbocycles. The van der Waals surface area contributed by atoms with Crippen molar-refractivity contribution in [2.75, 3.05) is 19.0 Å². The minimum absolute atomic E-state index is 0.271. The standard InChI is InChI=1S/C23H22N4O3/c1-16-7-6-8-17(13-16)24-22(28)19-14-26(11-12-30-2)15-20-21(19)25-27(23(20)29)18-9-4-3-5-10-18/h3-10,13-15H,11-12H2,1-2H3,(H,24,28). The molecule has 0 unspecified atom stereocenters. The zero-order valence-electron chi connectivity index (χ0n) is 16.8. The number of methoxy groups -OCH3 is 1. The number of para-hydroxylation sites is 1. The van der Waals surface area contributed by atoms with Crippen LogP contribution in [0.1, 0.15) is 15.9 Å². The molecule has 7 nitrogen and oxygen atoms in total. The number of aryl methyl sites for hydroxylation is 1. The van der Waals surface area contributed by atoms with Crippen molar-refractivity contribution in [1.82, 2.24) is 14.3 Å². The Morgan fingerprint density at radius 3 is 2.63 bits per heavy atom. The first-order valence-corrected chi connectivity index (χ1v) is 9.62. The summed E-state index contributed by atoms with van der Waals surface area (Å²) in [5, 5.41) is 7.39. The fraction of sp³-hybridized carbons (Fsp3) is 0.174. The number of carbonyl (C=O) groups is 1. The number of carbonyl (C=O) groups excluding carboxylic acids is 1. The van der Waals surface area contributed by atoms with Gasteiger partial charge in [-0.05, 0) is 36.8 Å². The van der Waals surface area contributed by atoms with Crippen molar-refractivity contribution in [3.63, 3.8) is 0 Å². The molecule has 0 spiro atoms. The Hall–Kier alpha value is -3.71. The average molecular weight is 402 g/mol. The van der Waals surface area contributed by atoms with Gasteiger partial charge in [0.2, 0.25) is 0 Å². The third-order valence-electron chi connectivity index (χ3n) is 4.80. The molecule has 1 amide bonds. The highest BCUT2D eigenvalue weighted by Gasteiger charge is 2.24. The topological polar surface area (TPSA) is 78.2 Å². The average Bonchev–Trinajstić information content (AvgIpc) is 3.09. The summed E-state index contributed by atoms with van der Waals surface area (Å²) >= 11 is 0. The second kappa shape index (κ2) is 8.34. The Labute approximate surface area is 173 Å². The van der Waals surface area contributed by atoms with E-state index in [9.17, 15) is 9.59 Å². The number of rotatable bonds is 6. The molecule has 2 aromatic rings. The summed E-state index contributed by atoms with van der Waals surface area (Å²) in [5.41, 5.74) is 3.17. The summed E-state index contributed by atoms with van der Waals surface area (Å²) in [4.78, 5) is 26.2. The Kier molecular flexibility index (Phi) is 5.45. The van der Waals surface area contributed by atoms with E-state index in [4.69, 9.17) is 4.74 Å². The number of nitrogens with zero attached hydrogens (tertiary/aromatic N) is 3. The molecule has 2 aliphatic rings. The van der Waals surface area contributed by atoms with Gasteiger partial charge in [0.15, 0.2) is 0 Å². The molecular formula is C23H22N4O3. The van der Waals surface area contributed by atoms with E-state index in [-0.39, 0.29) is 11.5 Å². The molecule has 0 aromatic heterocycles. The van der Waals surface area contributed by atoms with Gasteiger partial charge >= 0.3 is 0 Å². The summed E-state index contributed by atoms with van der Waals surface area (Å²) in [6.07, 6.45) is 3.42. The number of anilines is 1. The monoisotopic (exact) mass is 402 g/mol. The van der Waals surface area contributed by atoms with E-state index in [1.165, 1.54) is 4.68 Å². The van der Waals surface area contributed by atoms with E-state index >= 15 is 0 Å². The predicted molar refractivity (Wildman–Crippen MR) is 115 cm³/mol. The summed E-state index contributed by atoms with van der Waals surface area (Å²) in [5.74, 6) is -0.324. The van der Waals surface area contributed by atoms with Gasteiger partial charge in [0.05, 0.1) is 23.4 Å². The Morgan fingerprint density at radius 2 is 1.90 bits per heavy atom. The molecule has 1 N–H and O–H groups in total. The molecule has 0 radical (unpaired) electrons. The smallest absolute Gasteiger partial charge is 0.282 e. The van der Waals surface area contributed by atoms with Crippen molar-refractivity contribution in [2.24, 2.45) is 0 Å². The molecular weight excluding hydrogens is 380 g/mol. The number of ether oxygens (including phenoxy) is 1. The minimum atomic E-state index is -0.324. The van der Waals surface area contributed by atoms with Crippen molar-refractivity contribution in [3.05, 3.63) is 88.5 Å². The number of pyridine rings is 1. The number of amides is 1. The first-order chi connectivity index (χ1) is 14.6. The van der Waals surface area contributed by atoms with Crippen LogP contribution in [0.15, 0.2) is 71.8 Å². The van der Waals surface area contributed by atoms with Crippen LogP contribution in [0.25, 0.3) is 16.9 Å². The Balaban J connectivity index is 1.82. The van der Waals surface area contributed by atoms with E-state index < -0.39 is 0 Å². The molecule has 0 saturated carbocycles. The number of nitrogens with one attached hydrogen (secondary N) is 1. The van der Waals surface area contributed by atoms with Crippen LogP contribution in [0.4, 0.5) is 5.69 Å². The lowest BCUT2D eigenvalue weighted by Gasteiger charge is -2.13. The molecule has 0 aliphatic carbocycles. The van der Waals surface area contributed by atoms with Crippen LogP contribution >= 0.6 is 0 Å². The van der Waals surface area contributed by atoms with Crippen molar-refractivity contribution in [1.29, 1.82) is 0 Å². The SMILES string of the molecule is COCCn1cc(C(=O)Nc2cccc(C)c2)c2nn(-c3ccccc3)c(=O)c-2c1. The number of benzene rings is 2. The number of fused-ring (bicyclic) bond motifs is 1. The zero-order valence-corrected chi connectivity index (χ0v) is 16.8. The number of hydrogen-bond acceptors (Lipinski definition) is 4. The third-order valence-corrected chi connectivity index (χ3v) is 4.80. The second-order valence-electron chi connectivity index (χ2n) is 7.04. The molecule has 2 heterocycles. The molecule has 30 heavy (non-hydrogen) atoms. The first kappa shape index (κ1) is 19.6. The Morgan fingerprint density at radius 1 is 1.10 bits per heavy atom. The normalized spacial score (nSPS) is 11.0. The van der Waals surface area contributed by atoms with E-state index in [0.29, 0.717) is 41.3 Å². The quantitative estimate of drug-likeness (QED) is 0.537. The van der Waals surface area contributed by atoms with Crippen molar-refractivity contribution in [3.8, 4) is 16.9 Å². The van der Waals surface area contributed by atoms with Gasteiger partial charge in [-0.2, -0.15) is 9.78 Å². The van der Waals surface area contributed by atoms with E-state index in [0.717, 1.165) is 5.56 Å². The maximum atomic E-state index is 13.1. The van der Waals surface area contributed by atoms with Gasteiger partial charge in [-0.3, -0.25) is 9.59 Å². The van der Waals surface area contributed by atoms with Gasteiger partial charge < -0.3 is 14.6 Å². The Bertz CT molecular complexity index is 1210. The highest BCUT2D eigenvalue weighted by molar-refractivity contribution is 6.08. The van der Waals surface area contributed by atoms with Crippen molar-refractivity contribution < 1.29 is 9.53 Å². The van der Waals surface area contributed by atoms with Gasteiger partial charge in [0.1, 0.15) is 5.69 Å². The highest BCUT2D eigenvalue weighted by atomic mass is 16.5. The van der Waals surface area contributed by atoms with Gasteiger partial charge in [-0.1, -0.05) is 30.3 Å². The van der Waals surface area contributed by atoms with Crippen LogP contribution in [0.2, 0.25) is 0 Å². The van der Waals surface area contributed by atoms with Crippen LogP contribution in [0.3, 0.4) is 0 Å². The fourth-order valence-corrected chi connectivity index (χ4v) is 3.32. The van der Waals surface area contributed by atoms with Gasteiger partial charge in [0.25, 0.3) is 11.5 Å². The maximum Gasteiger partial charge on any atom is 0.282 e. The fourth-order valence-electron chi connectivity index (χ4n) is 3.32. The molecule has 2 aliphatic heterocycles. The largest absolute Gasteiger partial charge is 0.383 e. The zero-order chi connectivity index (χ0) is 21.1. The molecule has 0 fully saturated rings. The predicted octanol–water partition coefficient (Wildman–Crippen LogP) is 3.35.